The summed E-state index contributed by atoms with van der Waals surface area (Å²) in [4.78, 5) is 9.58. The van der Waals surface area contributed by atoms with Crippen molar-refractivity contribution in [3.8, 4) is 0 Å². The Bertz CT molecular complexity index is 659. The maximum atomic E-state index is 6.00. The Morgan fingerprint density at radius 1 is 0.773 bits per heavy atom. The average molecular weight is 297 g/mol. The molecule has 0 amide bonds. The Hall–Kier alpha value is -1.88. The fourth-order valence-electron chi connectivity index (χ4n) is 3.08. The highest BCUT2D eigenvalue weighted by atomic mass is 15.1. The topological polar surface area (TPSA) is 75.9 Å². The van der Waals surface area contributed by atoms with E-state index in [1.54, 1.807) is 0 Å². The first-order valence-electron chi connectivity index (χ1n) is 8.33. The average Bonchev–Trinajstić information content (AvgIpc) is 3.34. The van der Waals surface area contributed by atoms with Crippen molar-refractivity contribution >= 4 is 22.7 Å². The molecule has 0 aliphatic heterocycles. The molecule has 5 nitrogen and oxygen atoms in total. The lowest BCUT2D eigenvalue weighted by Crippen LogP contribution is -2.33. The highest BCUT2D eigenvalue weighted by Gasteiger charge is 2.25. The molecule has 1 aromatic carbocycles. The molecule has 0 bridgehead atoms. The number of hydrogen-bond acceptors (Lipinski definition) is 5. The second-order valence-electron chi connectivity index (χ2n) is 6.58. The van der Waals surface area contributed by atoms with Crippen LogP contribution < -0.4 is 16.4 Å². The monoisotopic (exact) mass is 297 g/mol. The number of hydrogen-bond donors (Lipinski definition) is 3. The zero-order chi connectivity index (χ0) is 14.9. The van der Waals surface area contributed by atoms with Crippen LogP contribution in [0.25, 0.3) is 11.0 Å². The van der Waals surface area contributed by atoms with Crippen molar-refractivity contribution in [2.75, 3.05) is 10.6 Å². The second-order valence-corrected chi connectivity index (χ2v) is 6.58. The van der Waals surface area contributed by atoms with Crippen molar-refractivity contribution in [2.24, 2.45) is 5.73 Å². The number of benzene rings is 1. The van der Waals surface area contributed by atoms with Gasteiger partial charge in [-0.3, -0.25) is 0 Å². The van der Waals surface area contributed by atoms with Gasteiger partial charge < -0.3 is 16.4 Å². The van der Waals surface area contributed by atoms with E-state index in [1.165, 1.54) is 12.8 Å². The van der Waals surface area contributed by atoms with E-state index in [0.29, 0.717) is 18.1 Å². The lowest BCUT2D eigenvalue weighted by molar-refractivity contribution is 0.410. The predicted molar refractivity (Wildman–Crippen MR) is 90.0 cm³/mol. The number of nitrogens with two attached hydrogens (primary N) is 1. The number of fused-ring (bicyclic) bond motifs is 1. The van der Waals surface area contributed by atoms with Crippen LogP contribution in [0.3, 0.4) is 0 Å². The molecule has 5 heteroatoms. The zero-order valence-electron chi connectivity index (χ0n) is 12.8. The summed E-state index contributed by atoms with van der Waals surface area (Å²) in [6, 6.07) is 9.44. The summed E-state index contributed by atoms with van der Waals surface area (Å²) in [5.41, 5.74) is 7.89. The number of anilines is 2. The summed E-state index contributed by atoms with van der Waals surface area (Å²) in [6.07, 6.45) is 6.85. The second kappa shape index (κ2) is 5.72. The minimum absolute atomic E-state index is 0.366. The fraction of sp³-hybridized carbons (Fsp3) is 0.529. The Labute approximate surface area is 130 Å². The largest absolute Gasteiger partial charge is 0.364 e. The van der Waals surface area contributed by atoms with Crippen LogP contribution >= 0.6 is 0 Å². The molecule has 0 unspecified atom stereocenters. The van der Waals surface area contributed by atoms with Crippen LogP contribution in [0.15, 0.2) is 24.3 Å². The zero-order valence-corrected chi connectivity index (χ0v) is 12.8. The smallest absolute Gasteiger partial charge is 0.170 e. The van der Waals surface area contributed by atoms with Crippen LogP contribution in [-0.2, 0) is 0 Å². The molecule has 1 heterocycles. The van der Waals surface area contributed by atoms with Crippen LogP contribution in [0.2, 0.25) is 0 Å². The van der Waals surface area contributed by atoms with Crippen molar-refractivity contribution in [1.29, 1.82) is 0 Å². The minimum Gasteiger partial charge on any atom is -0.364 e. The van der Waals surface area contributed by atoms with Gasteiger partial charge in [0.1, 0.15) is 0 Å². The summed E-state index contributed by atoms with van der Waals surface area (Å²) in [7, 11) is 0. The normalized spacial score (nSPS) is 25.1. The van der Waals surface area contributed by atoms with E-state index in [1.807, 2.05) is 24.3 Å². The predicted octanol–water partition coefficient (Wildman–Crippen LogP) is 2.89. The Morgan fingerprint density at radius 2 is 1.23 bits per heavy atom. The first-order valence-corrected chi connectivity index (χ1v) is 8.33. The van der Waals surface area contributed by atoms with Gasteiger partial charge in [-0.15, -0.1) is 0 Å². The maximum absolute atomic E-state index is 6.00. The van der Waals surface area contributed by atoms with Gasteiger partial charge >= 0.3 is 0 Å². The van der Waals surface area contributed by atoms with E-state index in [0.717, 1.165) is 48.4 Å². The van der Waals surface area contributed by atoms with Crippen molar-refractivity contribution in [3.63, 3.8) is 0 Å². The van der Waals surface area contributed by atoms with E-state index in [-0.39, 0.29) is 0 Å². The van der Waals surface area contributed by atoms with E-state index in [2.05, 4.69) is 10.6 Å². The molecule has 2 aliphatic carbocycles. The van der Waals surface area contributed by atoms with Crippen molar-refractivity contribution in [2.45, 2.75) is 56.7 Å². The summed E-state index contributed by atoms with van der Waals surface area (Å²) in [6.45, 7) is 0. The first kappa shape index (κ1) is 13.8. The number of nitrogens with zero attached hydrogens (tertiary/aromatic N) is 2. The van der Waals surface area contributed by atoms with Crippen LogP contribution in [0.5, 0.6) is 0 Å². The molecule has 116 valence electrons. The number of nitrogens with one attached hydrogen (secondary N) is 2. The highest BCUT2D eigenvalue weighted by Crippen LogP contribution is 2.30. The van der Waals surface area contributed by atoms with Crippen molar-refractivity contribution in [3.05, 3.63) is 24.3 Å². The summed E-state index contributed by atoms with van der Waals surface area (Å²) >= 11 is 0. The Morgan fingerprint density at radius 3 is 1.68 bits per heavy atom. The molecule has 2 aromatic rings. The van der Waals surface area contributed by atoms with E-state index in [9.17, 15) is 0 Å². The first-order chi connectivity index (χ1) is 10.8. The van der Waals surface area contributed by atoms with Crippen LogP contribution in [0, 0.1) is 0 Å². The van der Waals surface area contributed by atoms with Gasteiger partial charge in [0, 0.05) is 18.1 Å². The molecule has 0 atom stereocenters. The lowest BCUT2D eigenvalue weighted by atomic mass is 9.92. The van der Waals surface area contributed by atoms with E-state index in [4.69, 9.17) is 15.7 Å². The molecule has 2 aliphatic rings. The number of rotatable bonds is 4. The quantitative estimate of drug-likeness (QED) is 0.809. The fourth-order valence-corrected chi connectivity index (χ4v) is 3.08. The van der Waals surface area contributed by atoms with Gasteiger partial charge in [0.25, 0.3) is 0 Å². The van der Waals surface area contributed by atoms with Gasteiger partial charge in [0.05, 0.1) is 11.0 Å². The molecule has 0 saturated heterocycles. The SMILES string of the molecule is NC1CCC(Nc2nc3ccccc3nc2NC2CC2)CC1. The third-order valence-corrected chi connectivity index (χ3v) is 4.60. The molecule has 0 spiro atoms. The molecular weight excluding hydrogens is 274 g/mol. The number of aromatic nitrogens is 2. The van der Waals surface area contributed by atoms with Crippen LogP contribution in [-0.4, -0.2) is 28.1 Å². The molecular formula is C17H23N5. The molecule has 0 radical (unpaired) electrons. The molecule has 2 saturated carbocycles. The Balaban J connectivity index is 1.61. The van der Waals surface area contributed by atoms with Gasteiger partial charge in [-0.1, -0.05) is 12.1 Å². The van der Waals surface area contributed by atoms with Gasteiger partial charge in [0.15, 0.2) is 11.6 Å². The third kappa shape index (κ3) is 2.99. The molecule has 4 rings (SSSR count). The van der Waals surface area contributed by atoms with Gasteiger partial charge in [-0.2, -0.15) is 0 Å². The minimum atomic E-state index is 0.366. The van der Waals surface area contributed by atoms with Gasteiger partial charge in [-0.05, 0) is 50.7 Å². The molecule has 22 heavy (non-hydrogen) atoms. The van der Waals surface area contributed by atoms with Gasteiger partial charge in [-0.25, -0.2) is 9.97 Å². The van der Waals surface area contributed by atoms with Crippen LogP contribution in [0.1, 0.15) is 38.5 Å². The molecule has 1 aromatic heterocycles. The summed E-state index contributed by atoms with van der Waals surface area (Å²) in [5, 5.41) is 7.12. The Kier molecular flexibility index (Phi) is 3.58. The van der Waals surface area contributed by atoms with Crippen molar-refractivity contribution in [1.82, 2.24) is 9.97 Å². The maximum Gasteiger partial charge on any atom is 0.170 e. The standard InChI is InChI=1S/C17H23N5/c18-11-5-7-12(8-6-11)19-16-17(20-13-9-10-13)22-15-4-2-1-3-14(15)21-16/h1-4,11-13H,5-10,18H2,(H,19,21)(H,20,22). The number of para-hydroxylation sites is 2. The van der Waals surface area contributed by atoms with E-state index < -0.39 is 0 Å². The third-order valence-electron chi connectivity index (χ3n) is 4.60. The summed E-state index contributed by atoms with van der Waals surface area (Å²) < 4.78 is 0. The van der Waals surface area contributed by atoms with Crippen LogP contribution in [0.4, 0.5) is 11.6 Å². The molecule has 2 fully saturated rings. The lowest BCUT2D eigenvalue weighted by Gasteiger charge is -2.27. The van der Waals surface area contributed by atoms with Crippen molar-refractivity contribution < 1.29 is 0 Å². The van der Waals surface area contributed by atoms with Gasteiger partial charge in [0.2, 0.25) is 0 Å². The molecule has 4 N–H and O–H groups in total. The van der Waals surface area contributed by atoms with E-state index >= 15 is 0 Å². The summed E-state index contributed by atoms with van der Waals surface area (Å²) in [5.74, 6) is 1.79. The highest BCUT2D eigenvalue weighted by molar-refractivity contribution is 5.80.